The number of benzene rings is 2. The minimum absolute atomic E-state index is 0.0675. The maximum Gasteiger partial charge on any atom is 0.342 e. The lowest BCUT2D eigenvalue weighted by atomic mass is 9.93. The first-order chi connectivity index (χ1) is 26.2. The fourth-order valence-electron chi connectivity index (χ4n) is 6.49. The third-order valence-electron chi connectivity index (χ3n) is 9.52. The summed E-state index contributed by atoms with van der Waals surface area (Å²) in [5.41, 5.74) is 2.54. The topological polar surface area (TPSA) is 145 Å². The number of aliphatic hydroxyl groups is 1. The van der Waals surface area contributed by atoms with Crippen LogP contribution in [0.4, 0.5) is 0 Å². The average Bonchev–Trinajstić information content (AvgIpc) is 3.17. The maximum atomic E-state index is 12.9. The van der Waals surface area contributed by atoms with Crippen LogP contribution < -0.4 is 9.47 Å². The molecule has 1 unspecified atom stereocenters. The van der Waals surface area contributed by atoms with Crippen LogP contribution in [-0.2, 0) is 46.1 Å². The van der Waals surface area contributed by atoms with Crippen molar-refractivity contribution in [2.24, 2.45) is 11.8 Å². The summed E-state index contributed by atoms with van der Waals surface area (Å²) in [5, 5.41) is 9.42. The molecule has 4 rings (SSSR count). The summed E-state index contributed by atoms with van der Waals surface area (Å²) in [6.07, 6.45) is 12.0. The molecule has 2 aromatic carbocycles. The summed E-state index contributed by atoms with van der Waals surface area (Å²) >= 11 is 0. The van der Waals surface area contributed by atoms with Crippen LogP contribution in [0.1, 0.15) is 84.2 Å². The summed E-state index contributed by atoms with van der Waals surface area (Å²) in [7, 11) is 6.20. The third kappa shape index (κ3) is 13.7. The predicted octanol–water partition coefficient (Wildman–Crippen LogP) is 6.45. The smallest absolute Gasteiger partial charge is 0.342 e. The molecule has 6 atom stereocenters. The van der Waals surface area contributed by atoms with Crippen LogP contribution in [0.3, 0.4) is 0 Å². The van der Waals surface area contributed by atoms with Crippen molar-refractivity contribution in [1.29, 1.82) is 0 Å². The second-order valence-corrected chi connectivity index (χ2v) is 13.4. The van der Waals surface area contributed by atoms with E-state index in [4.69, 9.17) is 37.9 Å². The summed E-state index contributed by atoms with van der Waals surface area (Å²) < 4.78 is 43.9. The van der Waals surface area contributed by atoms with Gasteiger partial charge in [-0.05, 0) is 60.8 Å². The van der Waals surface area contributed by atoms with Gasteiger partial charge in [0.1, 0.15) is 54.7 Å². The lowest BCUT2D eigenvalue weighted by Gasteiger charge is -2.28. The quantitative estimate of drug-likeness (QED) is 0.110. The van der Waals surface area contributed by atoms with Gasteiger partial charge in [0.25, 0.3) is 0 Å². The Hall–Kier alpha value is -4.07. The normalized spacial score (nSPS) is 24.8. The maximum absolute atomic E-state index is 12.9. The summed E-state index contributed by atoms with van der Waals surface area (Å²) in [4.78, 5) is 36.9. The zero-order valence-corrected chi connectivity index (χ0v) is 32.5. The number of carbonyl (C=O) groups excluding carboxylic acids is 3. The molecule has 0 saturated carbocycles. The van der Waals surface area contributed by atoms with Gasteiger partial charge in [-0.3, -0.25) is 0 Å². The van der Waals surface area contributed by atoms with Gasteiger partial charge in [0.15, 0.2) is 0 Å². The van der Waals surface area contributed by atoms with Crippen molar-refractivity contribution in [3.05, 3.63) is 83.0 Å². The Morgan fingerprint density at radius 2 is 1.17 bits per heavy atom. The van der Waals surface area contributed by atoms with Crippen molar-refractivity contribution in [2.45, 2.75) is 89.6 Å². The number of aliphatic hydroxyl groups excluding tert-OH is 1. The SMILES string of the molecule is COCO[C@@H]1CC(CC=O)OC(=O)c2c(cccc2OC)C/C=C/C[C@@H]1C.COCO[C@@H]1C[C@H](CCO)OC(=O)c2c(cccc2OC)C/C=C/C[C@@H]1C. The van der Waals surface area contributed by atoms with Crippen LogP contribution in [-0.4, -0.2) is 96.4 Å². The molecule has 0 aliphatic carbocycles. The second kappa shape index (κ2) is 24.4. The molecule has 54 heavy (non-hydrogen) atoms. The molecular formula is C42H58O12. The Kier molecular flexibility index (Phi) is 20.0. The molecule has 1 N–H and O–H groups in total. The molecule has 2 heterocycles. The van der Waals surface area contributed by atoms with E-state index in [1.54, 1.807) is 26.4 Å². The Bertz CT molecular complexity index is 1500. The van der Waals surface area contributed by atoms with Crippen LogP contribution >= 0.6 is 0 Å². The molecule has 2 aliphatic heterocycles. The molecule has 12 heteroatoms. The number of hydrogen-bond acceptors (Lipinski definition) is 12. The number of ether oxygens (including phenoxy) is 8. The van der Waals surface area contributed by atoms with E-state index < -0.39 is 24.1 Å². The van der Waals surface area contributed by atoms with E-state index in [0.29, 0.717) is 54.7 Å². The van der Waals surface area contributed by atoms with Crippen molar-refractivity contribution in [1.82, 2.24) is 0 Å². The minimum atomic E-state index is -0.569. The van der Waals surface area contributed by atoms with Gasteiger partial charge in [0.05, 0.1) is 26.4 Å². The molecule has 12 nitrogen and oxygen atoms in total. The molecule has 0 fully saturated rings. The highest BCUT2D eigenvalue weighted by Gasteiger charge is 2.29. The van der Waals surface area contributed by atoms with E-state index in [0.717, 1.165) is 30.3 Å². The first-order valence-electron chi connectivity index (χ1n) is 18.5. The van der Waals surface area contributed by atoms with Crippen molar-refractivity contribution >= 4 is 18.2 Å². The van der Waals surface area contributed by atoms with Crippen LogP contribution in [0.5, 0.6) is 11.5 Å². The highest BCUT2D eigenvalue weighted by molar-refractivity contribution is 5.95. The zero-order chi connectivity index (χ0) is 39.3. The van der Waals surface area contributed by atoms with E-state index >= 15 is 0 Å². The van der Waals surface area contributed by atoms with Gasteiger partial charge in [-0.1, -0.05) is 62.4 Å². The molecule has 2 aliphatic rings. The number of methoxy groups -OCH3 is 4. The Morgan fingerprint density at radius 1 is 0.704 bits per heavy atom. The zero-order valence-electron chi connectivity index (χ0n) is 32.5. The van der Waals surface area contributed by atoms with Gasteiger partial charge in [0, 0.05) is 46.5 Å². The van der Waals surface area contributed by atoms with Crippen LogP contribution in [0.15, 0.2) is 60.7 Å². The van der Waals surface area contributed by atoms with Gasteiger partial charge in [-0.15, -0.1) is 0 Å². The van der Waals surface area contributed by atoms with E-state index in [9.17, 15) is 19.5 Å². The number of carbonyl (C=O) groups is 3. The van der Waals surface area contributed by atoms with Crippen LogP contribution in [0, 0.1) is 11.8 Å². The number of fused-ring (bicyclic) bond motifs is 2. The molecule has 0 aromatic heterocycles. The molecule has 298 valence electrons. The van der Waals surface area contributed by atoms with E-state index in [2.05, 4.69) is 32.1 Å². The van der Waals surface area contributed by atoms with Crippen molar-refractivity contribution in [3.8, 4) is 11.5 Å². The van der Waals surface area contributed by atoms with Crippen LogP contribution in [0.25, 0.3) is 0 Å². The lowest BCUT2D eigenvalue weighted by molar-refractivity contribution is -0.114. The first kappa shape index (κ1) is 44.3. The number of rotatable bonds is 12. The first-order valence-corrected chi connectivity index (χ1v) is 18.5. The lowest BCUT2D eigenvalue weighted by Crippen LogP contribution is -2.31. The van der Waals surface area contributed by atoms with E-state index in [1.165, 1.54) is 14.2 Å². The molecule has 0 radical (unpaired) electrons. The van der Waals surface area contributed by atoms with Crippen molar-refractivity contribution in [3.63, 3.8) is 0 Å². The molecule has 2 aromatic rings. The third-order valence-corrected chi connectivity index (χ3v) is 9.52. The fraction of sp³-hybridized carbons (Fsp3) is 0.548. The number of allylic oxidation sites excluding steroid dienone is 4. The Labute approximate surface area is 319 Å². The minimum Gasteiger partial charge on any atom is -0.496 e. The summed E-state index contributed by atoms with van der Waals surface area (Å²) in [6.45, 7) is 4.44. The van der Waals surface area contributed by atoms with Crippen molar-refractivity contribution < 1.29 is 57.4 Å². The molecule has 0 bridgehead atoms. The number of hydrogen-bond donors (Lipinski definition) is 1. The highest BCUT2D eigenvalue weighted by Crippen LogP contribution is 2.29. The number of esters is 2. The van der Waals surface area contributed by atoms with Crippen molar-refractivity contribution in [2.75, 3.05) is 48.6 Å². The number of aldehydes is 1. The van der Waals surface area contributed by atoms with E-state index in [-0.39, 0.29) is 50.7 Å². The fourth-order valence-corrected chi connectivity index (χ4v) is 6.49. The summed E-state index contributed by atoms with van der Waals surface area (Å²) in [5.74, 6) is 0.447. The van der Waals surface area contributed by atoms with Gasteiger partial charge < -0.3 is 47.8 Å². The standard InChI is InChI=1S/C21H30O6.C21H28O6/c2*1-15-7-4-5-8-16-9-6-10-18(25-3)20(16)21(23)27-17(11-12-22)13-19(15)26-14-24-2/h4-6,9-10,15,17,19,22H,7-8,11-14H2,1-3H3;4-6,9-10,12,15,17,19H,7-8,11,13-14H2,1-3H3/b2*5-4+/t15-,17-,19+;15-,17?,19+/m00/s1. The monoisotopic (exact) mass is 754 g/mol. The summed E-state index contributed by atoms with van der Waals surface area (Å²) in [6, 6.07) is 11.0. The Morgan fingerprint density at radius 3 is 1.59 bits per heavy atom. The molecule has 0 spiro atoms. The molecule has 0 amide bonds. The highest BCUT2D eigenvalue weighted by atomic mass is 16.7. The Balaban J connectivity index is 0.000000290. The van der Waals surface area contributed by atoms with Gasteiger partial charge in [0.2, 0.25) is 0 Å². The second-order valence-electron chi connectivity index (χ2n) is 13.4. The van der Waals surface area contributed by atoms with Crippen LogP contribution in [0.2, 0.25) is 0 Å². The largest absolute Gasteiger partial charge is 0.496 e. The van der Waals surface area contributed by atoms with Gasteiger partial charge in [-0.25, -0.2) is 9.59 Å². The number of cyclic esters (lactones) is 2. The average molecular weight is 755 g/mol. The molecular weight excluding hydrogens is 696 g/mol. The van der Waals surface area contributed by atoms with Gasteiger partial charge >= 0.3 is 11.9 Å². The van der Waals surface area contributed by atoms with E-state index in [1.807, 2.05) is 30.3 Å². The van der Waals surface area contributed by atoms with Gasteiger partial charge in [-0.2, -0.15) is 0 Å². The predicted molar refractivity (Wildman–Crippen MR) is 203 cm³/mol. The molecule has 0 saturated heterocycles.